The minimum Gasteiger partial charge on any atom is -0.384 e. The fraction of sp³-hybridized carbons (Fsp3) is 0.769. The van der Waals surface area contributed by atoms with E-state index in [0.717, 1.165) is 38.2 Å². The SMILES string of the molecule is CCCNCCC(C)(O)c1ccnn1CCC. The van der Waals surface area contributed by atoms with Crippen LogP contribution < -0.4 is 5.32 Å². The van der Waals surface area contributed by atoms with Crippen molar-refractivity contribution in [2.24, 2.45) is 0 Å². The molecular formula is C13H25N3O. The summed E-state index contributed by atoms with van der Waals surface area (Å²) in [6, 6.07) is 1.91. The van der Waals surface area contributed by atoms with Gasteiger partial charge in [-0.3, -0.25) is 4.68 Å². The highest BCUT2D eigenvalue weighted by Gasteiger charge is 2.26. The van der Waals surface area contributed by atoms with Crippen molar-refractivity contribution < 1.29 is 5.11 Å². The highest BCUT2D eigenvalue weighted by molar-refractivity contribution is 5.10. The van der Waals surface area contributed by atoms with Gasteiger partial charge in [0.2, 0.25) is 0 Å². The molecule has 0 fully saturated rings. The molecule has 2 N–H and O–H groups in total. The van der Waals surface area contributed by atoms with Crippen molar-refractivity contribution in [1.82, 2.24) is 15.1 Å². The largest absolute Gasteiger partial charge is 0.384 e. The lowest BCUT2D eigenvalue weighted by Gasteiger charge is -2.24. The normalized spacial score (nSPS) is 14.8. The molecule has 1 unspecified atom stereocenters. The Morgan fingerprint density at radius 3 is 2.76 bits per heavy atom. The maximum atomic E-state index is 10.5. The third-order valence-corrected chi connectivity index (χ3v) is 2.92. The van der Waals surface area contributed by atoms with Gasteiger partial charge in [0.1, 0.15) is 5.60 Å². The molecule has 0 amide bonds. The van der Waals surface area contributed by atoms with E-state index in [1.165, 1.54) is 0 Å². The predicted octanol–water partition coefficient (Wildman–Crippen LogP) is 1.89. The van der Waals surface area contributed by atoms with Crippen molar-refractivity contribution in [1.29, 1.82) is 0 Å². The second kappa shape index (κ2) is 6.77. The van der Waals surface area contributed by atoms with Crippen LogP contribution in [0.15, 0.2) is 12.3 Å². The summed E-state index contributed by atoms with van der Waals surface area (Å²) in [5.74, 6) is 0. The number of aryl methyl sites for hydroxylation is 1. The van der Waals surface area contributed by atoms with Crippen LogP contribution in [0.3, 0.4) is 0 Å². The molecule has 98 valence electrons. The van der Waals surface area contributed by atoms with Crippen LogP contribution in [0.2, 0.25) is 0 Å². The van der Waals surface area contributed by atoms with E-state index in [-0.39, 0.29) is 0 Å². The van der Waals surface area contributed by atoms with Crippen molar-refractivity contribution in [3.8, 4) is 0 Å². The Bertz CT molecular complexity index is 320. The monoisotopic (exact) mass is 239 g/mol. The number of nitrogens with zero attached hydrogens (tertiary/aromatic N) is 2. The van der Waals surface area contributed by atoms with Crippen LogP contribution in [-0.4, -0.2) is 28.0 Å². The highest BCUT2D eigenvalue weighted by atomic mass is 16.3. The molecule has 4 nitrogen and oxygen atoms in total. The Labute approximate surface area is 104 Å². The topological polar surface area (TPSA) is 50.1 Å². The smallest absolute Gasteiger partial charge is 0.105 e. The summed E-state index contributed by atoms with van der Waals surface area (Å²) < 4.78 is 1.90. The van der Waals surface area contributed by atoms with Crippen molar-refractivity contribution >= 4 is 0 Å². The zero-order valence-electron chi connectivity index (χ0n) is 11.2. The Balaban J connectivity index is 2.58. The summed E-state index contributed by atoms with van der Waals surface area (Å²) in [6.45, 7) is 8.82. The molecule has 0 radical (unpaired) electrons. The first-order chi connectivity index (χ1) is 8.11. The van der Waals surface area contributed by atoms with E-state index in [1.807, 2.05) is 17.7 Å². The van der Waals surface area contributed by atoms with Crippen LogP contribution in [0, 0.1) is 0 Å². The van der Waals surface area contributed by atoms with E-state index in [0.29, 0.717) is 6.42 Å². The molecule has 0 aliphatic heterocycles. The fourth-order valence-corrected chi connectivity index (χ4v) is 1.94. The van der Waals surface area contributed by atoms with E-state index >= 15 is 0 Å². The number of nitrogens with one attached hydrogen (secondary N) is 1. The van der Waals surface area contributed by atoms with Gasteiger partial charge in [0, 0.05) is 12.7 Å². The first-order valence-corrected chi connectivity index (χ1v) is 6.57. The van der Waals surface area contributed by atoms with E-state index < -0.39 is 5.60 Å². The molecular weight excluding hydrogens is 214 g/mol. The van der Waals surface area contributed by atoms with Crippen molar-refractivity contribution in [3.05, 3.63) is 18.0 Å². The predicted molar refractivity (Wildman–Crippen MR) is 69.9 cm³/mol. The molecule has 1 atom stereocenters. The van der Waals surface area contributed by atoms with Crippen LogP contribution >= 0.6 is 0 Å². The van der Waals surface area contributed by atoms with Crippen LogP contribution in [0.4, 0.5) is 0 Å². The molecule has 1 aromatic rings. The Kier molecular flexibility index (Phi) is 5.65. The number of aliphatic hydroxyl groups is 1. The lowest BCUT2D eigenvalue weighted by Crippen LogP contribution is -2.30. The third kappa shape index (κ3) is 4.13. The van der Waals surface area contributed by atoms with Gasteiger partial charge in [0.05, 0.1) is 5.69 Å². The zero-order valence-corrected chi connectivity index (χ0v) is 11.2. The van der Waals surface area contributed by atoms with Gasteiger partial charge in [-0.25, -0.2) is 0 Å². The molecule has 0 saturated carbocycles. The lowest BCUT2D eigenvalue weighted by molar-refractivity contribution is 0.0385. The molecule has 17 heavy (non-hydrogen) atoms. The fourth-order valence-electron chi connectivity index (χ4n) is 1.94. The summed E-state index contributed by atoms with van der Waals surface area (Å²) in [7, 11) is 0. The first kappa shape index (κ1) is 14.2. The van der Waals surface area contributed by atoms with Gasteiger partial charge in [-0.05, 0) is 45.3 Å². The molecule has 4 heteroatoms. The highest BCUT2D eigenvalue weighted by Crippen LogP contribution is 2.23. The summed E-state index contributed by atoms with van der Waals surface area (Å²) in [5, 5.41) is 18.0. The summed E-state index contributed by atoms with van der Waals surface area (Å²) >= 11 is 0. The molecule has 0 spiro atoms. The Morgan fingerprint density at radius 2 is 2.12 bits per heavy atom. The van der Waals surface area contributed by atoms with Gasteiger partial charge in [-0.15, -0.1) is 0 Å². The van der Waals surface area contributed by atoms with Crippen LogP contribution in [-0.2, 0) is 12.1 Å². The molecule has 0 aliphatic carbocycles. The van der Waals surface area contributed by atoms with Crippen molar-refractivity contribution in [2.75, 3.05) is 13.1 Å². The molecule has 1 aromatic heterocycles. The van der Waals surface area contributed by atoms with Gasteiger partial charge in [0.25, 0.3) is 0 Å². The maximum absolute atomic E-state index is 10.5. The molecule has 0 aromatic carbocycles. The van der Waals surface area contributed by atoms with E-state index in [4.69, 9.17) is 0 Å². The van der Waals surface area contributed by atoms with Crippen molar-refractivity contribution in [3.63, 3.8) is 0 Å². The quantitative estimate of drug-likeness (QED) is 0.681. The van der Waals surface area contributed by atoms with E-state index in [1.54, 1.807) is 6.20 Å². The Morgan fingerprint density at radius 1 is 1.35 bits per heavy atom. The third-order valence-electron chi connectivity index (χ3n) is 2.92. The van der Waals surface area contributed by atoms with Crippen molar-refractivity contribution in [2.45, 2.75) is 52.2 Å². The van der Waals surface area contributed by atoms with E-state index in [2.05, 4.69) is 24.3 Å². The minimum atomic E-state index is -0.799. The minimum absolute atomic E-state index is 0.711. The maximum Gasteiger partial charge on any atom is 0.105 e. The van der Waals surface area contributed by atoms with E-state index in [9.17, 15) is 5.11 Å². The van der Waals surface area contributed by atoms with Gasteiger partial charge in [-0.2, -0.15) is 5.10 Å². The summed E-state index contributed by atoms with van der Waals surface area (Å²) in [6.07, 6.45) is 4.62. The van der Waals surface area contributed by atoms with Gasteiger partial charge < -0.3 is 10.4 Å². The second-order valence-corrected chi connectivity index (χ2v) is 4.71. The van der Waals surface area contributed by atoms with Gasteiger partial charge >= 0.3 is 0 Å². The number of rotatable bonds is 8. The molecule has 0 saturated heterocycles. The summed E-state index contributed by atoms with van der Waals surface area (Å²) in [4.78, 5) is 0. The van der Waals surface area contributed by atoms with Gasteiger partial charge in [-0.1, -0.05) is 13.8 Å². The zero-order chi connectivity index (χ0) is 12.7. The molecule has 0 bridgehead atoms. The lowest BCUT2D eigenvalue weighted by atomic mass is 9.98. The second-order valence-electron chi connectivity index (χ2n) is 4.71. The number of hydrogen-bond donors (Lipinski definition) is 2. The standard InChI is InChI=1S/C13H25N3O/c1-4-8-14-10-7-13(3,17)12-6-9-15-16(12)11-5-2/h6,9,14,17H,4-5,7-8,10-11H2,1-3H3. The van der Waals surface area contributed by atoms with Crippen LogP contribution in [0.1, 0.15) is 45.7 Å². The first-order valence-electron chi connectivity index (χ1n) is 6.57. The average molecular weight is 239 g/mol. The van der Waals surface area contributed by atoms with Crippen LogP contribution in [0.25, 0.3) is 0 Å². The molecule has 1 heterocycles. The number of hydrogen-bond acceptors (Lipinski definition) is 3. The average Bonchev–Trinajstić information content (AvgIpc) is 2.74. The molecule has 1 rings (SSSR count). The number of aromatic nitrogens is 2. The Hall–Kier alpha value is -0.870. The molecule has 0 aliphatic rings. The summed E-state index contributed by atoms with van der Waals surface area (Å²) in [5.41, 5.74) is 0.115. The van der Waals surface area contributed by atoms with Gasteiger partial charge in [0.15, 0.2) is 0 Å². The van der Waals surface area contributed by atoms with Crippen LogP contribution in [0.5, 0.6) is 0 Å².